The van der Waals surface area contributed by atoms with Crippen LogP contribution in [-0.2, 0) is 12.8 Å². The average Bonchev–Trinajstić information content (AvgIpc) is 2.55. The van der Waals surface area contributed by atoms with E-state index < -0.39 is 0 Å². The quantitative estimate of drug-likeness (QED) is 0.789. The molecule has 0 aliphatic heterocycles. The van der Waals surface area contributed by atoms with Crippen LogP contribution in [0.3, 0.4) is 0 Å². The average molecular weight is 287 g/mol. The summed E-state index contributed by atoms with van der Waals surface area (Å²) >= 11 is 0. The third kappa shape index (κ3) is 4.47. The minimum atomic E-state index is 0.766. The summed E-state index contributed by atoms with van der Waals surface area (Å²) in [6.07, 6.45) is 13.2. The number of benzene rings is 1. The molecule has 0 bridgehead atoms. The number of aryl methyl sites for hydroxylation is 2. The fraction of sp³-hybridized carbons (Fsp3) is 0.684. The fourth-order valence-corrected chi connectivity index (χ4v) is 3.67. The van der Waals surface area contributed by atoms with E-state index in [4.69, 9.17) is 4.74 Å². The van der Waals surface area contributed by atoms with Gasteiger partial charge in [0.25, 0.3) is 0 Å². The van der Waals surface area contributed by atoms with Gasteiger partial charge in [-0.05, 0) is 74.8 Å². The standard InChI is InChI=1S/C19H29NO/c1-2-9-18(10-3-1)20-13-6-14-21-19-12-11-16-7-4-5-8-17(16)15-19/h11-12,15,18,20H,1-10,13-14H2. The van der Waals surface area contributed by atoms with Crippen molar-refractivity contribution in [3.05, 3.63) is 29.3 Å². The van der Waals surface area contributed by atoms with Crippen LogP contribution in [0.2, 0.25) is 0 Å². The van der Waals surface area contributed by atoms with E-state index in [2.05, 4.69) is 23.5 Å². The van der Waals surface area contributed by atoms with E-state index in [0.29, 0.717) is 0 Å². The Morgan fingerprint density at radius 2 is 1.76 bits per heavy atom. The molecule has 1 aromatic carbocycles. The minimum absolute atomic E-state index is 0.766. The first-order chi connectivity index (χ1) is 10.4. The molecule has 0 unspecified atom stereocenters. The zero-order valence-corrected chi connectivity index (χ0v) is 13.2. The molecule has 116 valence electrons. The van der Waals surface area contributed by atoms with Crippen LogP contribution in [0.4, 0.5) is 0 Å². The Morgan fingerprint density at radius 1 is 0.952 bits per heavy atom. The SMILES string of the molecule is c1cc2c(cc1OCCCNC1CCCCC1)CCCC2. The van der Waals surface area contributed by atoms with Crippen LogP contribution >= 0.6 is 0 Å². The lowest BCUT2D eigenvalue weighted by Crippen LogP contribution is -2.32. The second-order valence-corrected chi connectivity index (χ2v) is 6.63. The van der Waals surface area contributed by atoms with Crippen LogP contribution in [0.5, 0.6) is 5.75 Å². The topological polar surface area (TPSA) is 21.3 Å². The Morgan fingerprint density at radius 3 is 2.62 bits per heavy atom. The molecule has 2 aliphatic carbocycles. The van der Waals surface area contributed by atoms with Crippen LogP contribution in [0.25, 0.3) is 0 Å². The number of ether oxygens (including phenoxy) is 1. The maximum absolute atomic E-state index is 5.92. The molecular formula is C19H29NO. The Bertz CT molecular complexity index is 437. The summed E-state index contributed by atoms with van der Waals surface area (Å²) in [6.45, 7) is 1.92. The molecule has 0 spiro atoms. The highest BCUT2D eigenvalue weighted by molar-refractivity contribution is 5.37. The van der Waals surface area contributed by atoms with Crippen molar-refractivity contribution in [2.45, 2.75) is 70.3 Å². The van der Waals surface area contributed by atoms with E-state index in [0.717, 1.165) is 31.4 Å². The summed E-state index contributed by atoms with van der Waals surface area (Å²) in [4.78, 5) is 0. The molecule has 2 nitrogen and oxygen atoms in total. The second-order valence-electron chi connectivity index (χ2n) is 6.63. The molecule has 3 rings (SSSR count). The van der Waals surface area contributed by atoms with Crippen molar-refractivity contribution in [1.29, 1.82) is 0 Å². The largest absolute Gasteiger partial charge is 0.494 e. The first-order valence-electron chi connectivity index (χ1n) is 8.90. The van der Waals surface area contributed by atoms with Gasteiger partial charge in [0.1, 0.15) is 5.75 Å². The van der Waals surface area contributed by atoms with Crippen LogP contribution in [0, 0.1) is 0 Å². The van der Waals surface area contributed by atoms with Crippen molar-refractivity contribution >= 4 is 0 Å². The molecule has 2 aliphatic rings. The summed E-state index contributed by atoms with van der Waals surface area (Å²) in [5, 5.41) is 3.68. The summed E-state index contributed by atoms with van der Waals surface area (Å²) in [5.74, 6) is 1.06. The molecule has 1 aromatic rings. The molecule has 1 fully saturated rings. The number of rotatable bonds is 6. The highest BCUT2D eigenvalue weighted by atomic mass is 16.5. The van der Waals surface area contributed by atoms with Crippen LogP contribution in [0.15, 0.2) is 18.2 Å². The van der Waals surface area contributed by atoms with Gasteiger partial charge in [0.2, 0.25) is 0 Å². The molecule has 0 amide bonds. The highest BCUT2D eigenvalue weighted by Gasteiger charge is 2.12. The smallest absolute Gasteiger partial charge is 0.119 e. The first kappa shape index (κ1) is 14.9. The monoisotopic (exact) mass is 287 g/mol. The number of hydrogen-bond acceptors (Lipinski definition) is 2. The summed E-state index contributed by atoms with van der Waals surface area (Å²) in [7, 11) is 0. The summed E-state index contributed by atoms with van der Waals surface area (Å²) < 4.78 is 5.92. The number of fused-ring (bicyclic) bond motifs is 1. The lowest BCUT2D eigenvalue weighted by Gasteiger charge is -2.22. The van der Waals surface area contributed by atoms with E-state index in [1.165, 1.54) is 68.9 Å². The Balaban J connectivity index is 1.35. The molecule has 0 aromatic heterocycles. The molecule has 0 radical (unpaired) electrons. The minimum Gasteiger partial charge on any atom is -0.494 e. The number of nitrogens with one attached hydrogen (secondary N) is 1. The van der Waals surface area contributed by atoms with Gasteiger partial charge >= 0.3 is 0 Å². The lowest BCUT2D eigenvalue weighted by molar-refractivity contribution is 0.296. The van der Waals surface area contributed by atoms with E-state index in [9.17, 15) is 0 Å². The normalized spacial score (nSPS) is 19.2. The lowest BCUT2D eigenvalue weighted by atomic mass is 9.92. The van der Waals surface area contributed by atoms with E-state index in [-0.39, 0.29) is 0 Å². The van der Waals surface area contributed by atoms with Gasteiger partial charge in [-0.2, -0.15) is 0 Å². The van der Waals surface area contributed by atoms with Gasteiger partial charge in [-0.15, -0.1) is 0 Å². The van der Waals surface area contributed by atoms with E-state index in [1.807, 2.05) is 0 Å². The molecular weight excluding hydrogens is 258 g/mol. The second kappa shape index (κ2) is 7.84. The molecule has 0 atom stereocenters. The van der Waals surface area contributed by atoms with Gasteiger partial charge < -0.3 is 10.1 Å². The van der Waals surface area contributed by atoms with E-state index >= 15 is 0 Å². The van der Waals surface area contributed by atoms with Crippen LogP contribution < -0.4 is 10.1 Å². The van der Waals surface area contributed by atoms with Gasteiger partial charge in [0.15, 0.2) is 0 Å². The summed E-state index contributed by atoms with van der Waals surface area (Å²) in [5.41, 5.74) is 3.05. The molecule has 2 heteroatoms. The van der Waals surface area contributed by atoms with Crippen molar-refractivity contribution in [3.63, 3.8) is 0 Å². The van der Waals surface area contributed by atoms with Crippen molar-refractivity contribution in [2.24, 2.45) is 0 Å². The molecule has 0 saturated heterocycles. The van der Waals surface area contributed by atoms with Crippen LogP contribution in [-0.4, -0.2) is 19.2 Å². The van der Waals surface area contributed by atoms with Crippen molar-refractivity contribution in [2.75, 3.05) is 13.2 Å². The highest BCUT2D eigenvalue weighted by Crippen LogP contribution is 2.25. The third-order valence-electron chi connectivity index (χ3n) is 4.95. The van der Waals surface area contributed by atoms with E-state index in [1.54, 1.807) is 0 Å². The third-order valence-corrected chi connectivity index (χ3v) is 4.95. The predicted octanol–water partition coefficient (Wildman–Crippen LogP) is 4.26. The van der Waals surface area contributed by atoms with Gasteiger partial charge in [-0.3, -0.25) is 0 Å². The molecule has 1 saturated carbocycles. The maximum atomic E-state index is 5.92. The molecule has 1 N–H and O–H groups in total. The maximum Gasteiger partial charge on any atom is 0.119 e. The Kier molecular flexibility index (Phi) is 5.56. The van der Waals surface area contributed by atoms with Gasteiger partial charge in [0, 0.05) is 6.04 Å². The van der Waals surface area contributed by atoms with Crippen LogP contribution in [0.1, 0.15) is 62.5 Å². The Hall–Kier alpha value is -1.02. The molecule has 0 heterocycles. The number of hydrogen-bond donors (Lipinski definition) is 1. The Labute approximate surface area is 129 Å². The summed E-state index contributed by atoms with van der Waals surface area (Å²) in [6, 6.07) is 7.45. The van der Waals surface area contributed by atoms with Crippen molar-refractivity contribution < 1.29 is 4.74 Å². The fourth-order valence-electron chi connectivity index (χ4n) is 3.67. The zero-order chi connectivity index (χ0) is 14.3. The first-order valence-corrected chi connectivity index (χ1v) is 8.90. The molecule has 21 heavy (non-hydrogen) atoms. The predicted molar refractivity (Wildman–Crippen MR) is 88.1 cm³/mol. The van der Waals surface area contributed by atoms with Crippen molar-refractivity contribution in [1.82, 2.24) is 5.32 Å². The van der Waals surface area contributed by atoms with Gasteiger partial charge in [-0.1, -0.05) is 25.3 Å². The van der Waals surface area contributed by atoms with Gasteiger partial charge in [-0.25, -0.2) is 0 Å². The van der Waals surface area contributed by atoms with Crippen molar-refractivity contribution in [3.8, 4) is 5.75 Å². The zero-order valence-electron chi connectivity index (χ0n) is 13.2. The van der Waals surface area contributed by atoms with Gasteiger partial charge in [0.05, 0.1) is 6.61 Å².